The first-order valence-corrected chi connectivity index (χ1v) is 13.1. The summed E-state index contributed by atoms with van der Waals surface area (Å²) in [6.45, 7) is 3.72. The van der Waals surface area contributed by atoms with E-state index in [1.54, 1.807) is 26.0 Å². The van der Waals surface area contributed by atoms with Gasteiger partial charge in [0.2, 0.25) is 0 Å². The molecule has 0 spiro atoms. The Balaban J connectivity index is 0.00000380. The molecule has 13 heteroatoms. The summed E-state index contributed by atoms with van der Waals surface area (Å²) in [5, 5.41) is 16.5. The van der Waals surface area contributed by atoms with Gasteiger partial charge in [-0.3, -0.25) is 28.0 Å². The number of amides is 2. The monoisotopic (exact) mass is 541 g/mol. The van der Waals surface area contributed by atoms with Crippen LogP contribution >= 0.6 is 10.8 Å². The van der Waals surface area contributed by atoms with Crippen molar-refractivity contribution in [3.8, 4) is 5.75 Å². The summed E-state index contributed by atoms with van der Waals surface area (Å²) < 4.78 is 36.5. The zero-order valence-corrected chi connectivity index (χ0v) is 20.7. The zero-order chi connectivity index (χ0) is 26.0. The summed E-state index contributed by atoms with van der Waals surface area (Å²) in [5.74, 6) is -2.00. The predicted molar refractivity (Wildman–Crippen MR) is 143 cm³/mol. The molecule has 0 atom stereocenters. The summed E-state index contributed by atoms with van der Waals surface area (Å²) >= 11 is 0. The minimum absolute atomic E-state index is 0. The Kier molecular flexibility index (Phi) is 9.37. The van der Waals surface area contributed by atoms with E-state index in [4.69, 9.17) is 0 Å². The van der Waals surface area contributed by atoms with E-state index in [0.717, 1.165) is 6.07 Å². The number of hydrogen-bond donors (Lipinski definition) is 5. The van der Waals surface area contributed by atoms with Crippen LogP contribution in [0.1, 0.15) is 53.1 Å². The second-order valence-corrected chi connectivity index (χ2v) is 10.9. The summed E-state index contributed by atoms with van der Waals surface area (Å²) in [7, 11) is -3.16. The number of aromatic hydroxyl groups is 1. The van der Waals surface area contributed by atoms with Crippen molar-refractivity contribution >= 4 is 68.9 Å². The third kappa shape index (κ3) is 6.33. The van der Waals surface area contributed by atoms with Crippen LogP contribution in [0.5, 0.6) is 5.75 Å². The second kappa shape index (κ2) is 11.9. The Morgan fingerprint density at radius 2 is 1.95 bits per heavy atom. The molecule has 2 amide bonds. The predicted octanol–water partition coefficient (Wildman–Crippen LogP) is 3.16. The molecule has 0 unspecified atom stereocenters. The molecule has 1 aliphatic rings. The van der Waals surface area contributed by atoms with Gasteiger partial charge >= 0.3 is 29.6 Å². The maximum absolute atomic E-state index is 13.8. The molecule has 1 fully saturated rings. The van der Waals surface area contributed by atoms with Gasteiger partial charge in [0.25, 0.3) is 11.8 Å². The standard InChI is InChI=1S/C24H28FN5O5S.Na.H/c1-14(2)28-23(32)18-12-16(25)8-7-15(18)13-27-24(33)20-21(31)19-17(6-5-9-26-19)22(29-20)30-10-3-4-11-36(30,34)35;;/h5-9,12,14,31,34-35H,3-4,10-11,13H2,1-2H3,(H,27,33)(H,28,32);;. The number of hydrogen-bond acceptors (Lipinski definition) is 8. The summed E-state index contributed by atoms with van der Waals surface area (Å²) in [5.41, 5.74) is 0.176. The van der Waals surface area contributed by atoms with Crippen molar-refractivity contribution in [3.63, 3.8) is 0 Å². The molecular weight excluding hydrogens is 512 g/mol. The van der Waals surface area contributed by atoms with E-state index >= 15 is 0 Å². The van der Waals surface area contributed by atoms with Gasteiger partial charge in [-0.2, -0.15) is 0 Å². The number of fused-ring (bicyclic) bond motifs is 1. The van der Waals surface area contributed by atoms with Gasteiger partial charge in [0.15, 0.2) is 17.3 Å². The number of rotatable bonds is 6. The van der Waals surface area contributed by atoms with Gasteiger partial charge in [-0.25, -0.2) is 9.37 Å². The van der Waals surface area contributed by atoms with Crippen LogP contribution in [0.3, 0.4) is 0 Å². The van der Waals surface area contributed by atoms with E-state index < -0.39 is 34.2 Å². The number of halogens is 1. The van der Waals surface area contributed by atoms with Crippen molar-refractivity contribution in [2.75, 3.05) is 16.6 Å². The van der Waals surface area contributed by atoms with Gasteiger partial charge in [-0.05, 0) is 56.5 Å². The van der Waals surface area contributed by atoms with Crippen LogP contribution in [-0.4, -0.2) is 83.9 Å². The van der Waals surface area contributed by atoms with Gasteiger partial charge in [0.05, 0.1) is 5.75 Å². The van der Waals surface area contributed by atoms with E-state index in [1.165, 1.54) is 22.6 Å². The summed E-state index contributed by atoms with van der Waals surface area (Å²) in [4.78, 5) is 34.2. The third-order valence-electron chi connectivity index (χ3n) is 5.72. The zero-order valence-electron chi connectivity index (χ0n) is 19.9. The van der Waals surface area contributed by atoms with Crippen LogP contribution < -0.4 is 14.9 Å². The summed E-state index contributed by atoms with van der Waals surface area (Å²) in [6, 6.07) is 6.76. The fraction of sp³-hybridized carbons (Fsp3) is 0.333. The van der Waals surface area contributed by atoms with E-state index in [-0.39, 0.29) is 70.5 Å². The van der Waals surface area contributed by atoms with Crippen molar-refractivity contribution in [2.45, 2.75) is 39.3 Å². The number of carbonyl (C=O) groups is 2. The van der Waals surface area contributed by atoms with Gasteiger partial charge < -0.3 is 15.7 Å². The SMILES string of the molecule is CC(C)NC(=O)c1cc(F)ccc1CNC(=O)c1nc(N2CCCCS2(O)O)c2cccnc2c1O.[NaH]. The van der Waals surface area contributed by atoms with Gasteiger partial charge in [-0.1, -0.05) is 6.07 Å². The van der Waals surface area contributed by atoms with Crippen LogP contribution in [0, 0.1) is 5.82 Å². The molecule has 5 N–H and O–H groups in total. The Labute approximate surface area is 237 Å². The molecule has 194 valence electrons. The molecule has 0 aliphatic carbocycles. The molecule has 10 nitrogen and oxygen atoms in total. The molecule has 1 saturated heterocycles. The van der Waals surface area contributed by atoms with E-state index in [2.05, 4.69) is 20.6 Å². The molecule has 0 bridgehead atoms. The fourth-order valence-corrected chi connectivity index (χ4v) is 5.67. The van der Waals surface area contributed by atoms with Crippen molar-refractivity contribution in [1.82, 2.24) is 20.6 Å². The van der Waals surface area contributed by atoms with Crippen molar-refractivity contribution in [2.24, 2.45) is 0 Å². The number of nitrogens with zero attached hydrogens (tertiary/aromatic N) is 3. The quantitative estimate of drug-likeness (QED) is 0.299. The number of benzene rings is 1. The first kappa shape index (κ1) is 29.1. The summed E-state index contributed by atoms with van der Waals surface area (Å²) in [6.07, 6.45) is 2.79. The maximum atomic E-state index is 13.8. The van der Waals surface area contributed by atoms with E-state index in [1.807, 2.05) is 0 Å². The molecule has 1 aromatic carbocycles. The molecule has 3 heterocycles. The Morgan fingerprint density at radius 1 is 1.19 bits per heavy atom. The number of aromatic nitrogens is 2. The number of carbonyl (C=O) groups excluding carboxylic acids is 2. The van der Waals surface area contributed by atoms with Crippen molar-refractivity contribution < 1.29 is 28.2 Å². The normalized spacial score (nSPS) is 15.7. The molecule has 37 heavy (non-hydrogen) atoms. The van der Waals surface area contributed by atoms with Crippen molar-refractivity contribution in [3.05, 3.63) is 59.2 Å². The topological polar surface area (TPSA) is 148 Å². The van der Waals surface area contributed by atoms with Crippen LogP contribution in [-0.2, 0) is 6.54 Å². The van der Waals surface area contributed by atoms with E-state index in [9.17, 15) is 28.2 Å². The molecule has 4 rings (SSSR count). The second-order valence-electron chi connectivity index (χ2n) is 8.79. The number of pyridine rings is 2. The average Bonchev–Trinajstić information content (AvgIpc) is 2.83. The van der Waals surface area contributed by atoms with Crippen molar-refractivity contribution in [1.29, 1.82) is 0 Å². The Morgan fingerprint density at radius 3 is 2.65 bits per heavy atom. The number of nitrogens with one attached hydrogen (secondary N) is 2. The third-order valence-corrected chi connectivity index (χ3v) is 7.62. The van der Waals surface area contributed by atoms with Crippen LogP contribution in [0.25, 0.3) is 10.9 Å². The van der Waals surface area contributed by atoms with Gasteiger partial charge in [0, 0.05) is 36.3 Å². The molecule has 1 aliphatic heterocycles. The average molecular weight is 542 g/mol. The number of anilines is 1. The molecule has 0 radical (unpaired) electrons. The fourth-order valence-electron chi connectivity index (χ4n) is 4.02. The van der Waals surface area contributed by atoms with Gasteiger partial charge in [-0.15, -0.1) is 10.8 Å². The van der Waals surface area contributed by atoms with Crippen LogP contribution in [0.2, 0.25) is 0 Å². The molecule has 3 aromatic rings. The molecule has 2 aromatic heterocycles. The van der Waals surface area contributed by atoms with Crippen LogP contribution in [0.4, 0.5) is 10.2 Å². The Hall–Kier alpha value is -2.48. The van der Waals surface area contributed by atoms with E-state index in [0.29, 0.717) is 30.3 Å². The minimum atomic E-state index is -3.16. The van der Waals surface area contributed by atoms with Gasteiger partial charge in [0.1, 0.15) is 11.3 Å². The Bertz CT molecular complexity index is 1330. The molecule has 0 saturated carbocycles. The first-order valence-electron chi connectivity index (χ1n) is 11.5. The first-order chi connectivity index (χ1) is 17.1. The molecular formula is C24H29FN5NaO5S. The van der Waals surface area contributed by atoms with Crippen LogP contribution in [0.15, 0.2) is 36.5 Å².